The number of phenols is 1. The zero-order valence-electron chi connectivity index (χ0n) is 74.9. The number of likely N-dealkylation sites (N-methyl/N-ethyl adjacent to an activating group) is 3. The number of aliphatic hydroxyl groups excluding tert-OH is 2. The number of ketones is 1. The van der Waals surface area contributed by atoms with Crippen LogP contribution < -0.4 is 65.1 Å². The van der Waals surface area contributed by atoms with Gasteiger partial charge in [-0.25, -0.2) is 4.98 Å². The van der Waals surface area contributed by atoms with Gasteiger partial charge in [0.2, 0.25) is 100 Å². The zero-order valence-corrected chi connectivity index (χ0v) is 75.7. The molecule has 43 heteroatoms. The molecule has 0 spiro atoms. The predicted octanol–water partition coefficient (Wildman–Crippen LogP) is -2.47. The van der Waals surface area contributed by atoms with Crippen LogP contribution in [0.5, 0.6) is 5.75 Å². The molecular formula is C89H121N21O21S. The van der Waals surface area contributed by atoms with Crippen molar-refractivity contribution in [3.05, 3.63) is 120 Å². The number of Topliss-reactive ketones (excluding diaryl/α,β-unsaturated/α-hetero) is 1. The van der Waals surface area contributed by atoms with Crippen LogP contribution in [0.3, 0.4) is 0 Å². The maximum atomic E-state index is 15.7. The van der Waals surface area contributed by atoms with Crippen molar-refractivity contribution in [2.45, 2.75) is 228 Å². The number of H-pyrrole nitrogens is 3. The molecule has 3 saturated heterocycles. The molecule has 15 atom stereocenters. The second kappa shape index (κ2) is 48.5. The summed E-state index contributed by atoms with van der Waals surface area (Å²) in [5.74, 6) is -19.5. The van der Waals surface area contributed by atoms with Gasteiger partial charge in [0.25, 0.3) is 0 Å². The molecule has 6 heterocycles. The first-order valence-corrected chi connectivity index (χ1v) is 45.3. The Labute approximate surface area is 765 Å². The standard InChI is InChI=1S/C89H121N21O21S/c1-8-11-22-68-83(125)104-66(44-111)82(124)105-67(79(121)96-42-75(92)117)45-132-46-76(118)98-63(32-49-25-27-54(112)28-26-49)85(127)106(5)48(4)77(119)102-65(38-74(91)116)88(130)109-31-17-24-69(109)84(126)101-62(36-53-41-93-47-97-53)81(123)100-61(29-30-73(90)115)87(129)110-43-55(113)37-71(110)72(114)35-50(33-51-39-94-59-20-15-13-18-56(51)59)78(120)99-58(10-3)80(122)103-64(34-52-40-95-60-21-16-14-19-57(52)60)86(128)108(7)70(23-12-9-2)89(131)107(68)6/h13-16,18-21,25-28,39-41,47-48,50,55,58,61-71,94-95,111-113H,8-12,17,22-24,29-38,42-46H2,1-7H3,(H2,90,115)(H2,91,116)(H2,92,117)(H,93,97)(H,96,121)(H,98,118)(H,99,120)(H,100,123)(H,101,126)(H,102,119)(H,103,122)(H,104,125)(H,105,124)/t48-,50+,55+,58-,61-,62-,63-,64-,65-,66-,67-,68-,69-,70-,71-/m0/s1. The molecule has 3 aromatic carbocycles. The van der Waals surface area contributed by atoms with E-state index in [0.717, 1.165) is 31.4 Å². The number of nitrogens with zero attached hydrogens (tertiary/aromatic N) is 6. The summed E-state index contributed by atoms with van der Waals surface area (Å²) in [6, 6.07) is -0.617. The highest BCUT2D eigenvalue weighted by molar-refractivity contribution is 8.00. The Hall–Kier alpha value is -13.3. The van der Waals surface area contributed by atoms with E-state index in [9.17, 15) is 68.1 Å². The van der Waals surface area contributed by atoms with E-state index >= 15 is 33.6 Å². The lowest BCUT2D eigenvalue weighted by Gasteiger charge is -2.36. The van der Waals surface area contributed by atoms with Gasteiger partial charge in [-0.2, -0.15) is 0 Å². The maximum Gasteiger partial charge on any atom is 0.246 e. The third-order valence-electron chi connectivity index (χ3n) is 24.0. The molecule has 3 aliphatic heterocycles. The Balaban J connectivity index is 1.09. The van der Waals surface area contributed by atoms with Crippen LogP contribution in [0.15, 0.2) is 97.7 Å². The zero-order chi connectivity index (χ0) is 96.3. The number of para-hydroxylation sites is 2. The molecule has 132 heavy (non-hydrogen) atoms. The van der Waals surface area contributed by atoms with Crippen molar-refractivity contribution >= 4 is 140 Å². The molecule has 0 unspecified atom stereocenters. The molecule has 42 nitrogen and oxygen atoms in total. The number of nitrogens with two attached hydrogens (primary N) is 3. The van der Waals surface area contributed by atoms with Crippen LogP contribution >= 0.6 is 11.8 Å². The summed E-state index contributed by atoms with van der Waals surface area (Å²) >= 11 is 0.728. The predicted molar refractivity (Wildman–Crippen MR) is 481 cm³/mol. The first kappa shape index (κ1) is 102. The molecule has 9 rings (SSSR count). The second-order valence-corrected chi connectivity index (χ2v) is 34.6. The molecule has 21 N–H and O–H groups in total. The number of hydrogen-bond acceptors (Lipinski definition) is 23. The lowest BCUT2D eigenvalue weighted by atomic mass is 9.90. The number of carbonyl (C=O) groups excluding carboxylic acids is 18. The first-order chi connectivity index (χ1) is 62.9. The van der Waals surface area contributed by atoms with E-state index in [1.807, 2.05) is 13.8 Å². The number of rotatable bonds is 24. The van der Waals surface area contributed by atoms with Gasteiger partial charge < -0.3 is 120 Å². The van der Waals surface area contributed by atoms with E-state index in [1.165, 1.54) is 69.8 Å². The second-order valence-electron chi connectivity index (χ2n) is 33.6. The molecule has 6 aromatic rings. The third kappa shape index (κ3) is 27.6. The lowest BCUT2D eigenvalue weighted by molar-refractivity contribution is -0.149. The SMILES string of the molecule is CCCC[C@H]1C(=O)N(C)[C@@H](CCCC)C(=O)N[C@@H](CO)C(=O)N[C@H](C(=O)NCC(N)=O)CSCC(=O)N[C@@H](Cc2ccc(O)cc2)C(=O)N(C)[C@@H](C)C(=O)N[C@@H](CC(N)=O)C(=O)N2CCC[C@H]2C(=O)N[C@@H](Cc2c[nH]cn2)C(=O)N[C@@H](CCC(N)=O)C(=O)N2C[C@H](O)C[C@H]2C(=O)C[C@@H](Cc2c[nH]c3ccccc23)C(=O)N[C@@H](CC)C(=O)N[C@@H](Cc2c[nH]c3ccccc23)C(=O)N1C. The monoisotopic (exact) mass is 1850 g/mol. The number of aromatic nitrogens is 4. The Morgan fingerprint density at radius 2 is 1.11 bits per heavy atom. The maximum absolute atomic E-state index is 15.7. The van der Waals surface area contributed by atoms with E-state index in [4.69, 9.17) is 17.2 Å². The molecule has 0 bridgehead atoms. The molecular weight excluding hydrogens is 1730 g/mol. The van der Waals surface area contributed by atoms with Crippen molar-refractivity contribution in [3.63, 3.8) is 0 Å². The number of fused-ring (bicyclic) bond motifs is 4. The van der Waals surface area contributed by atoms with Gasteiger partial charge in [-0.15, -0.1) is 11.8 Å². The average Bonchev–Trinajstić information content (AvgIpc) is 1.59. The van der Waals surface area contributed by atoms with Crippen molar-refractivity contribution in [2.75, 3.05) is 58.9 Å². The van der Waals surface area contributed by atoms with Crippen LogP contribution in [0, 0.1) is 5.92 Å². The van der Waals surface area contributed by atoms with Gasteiger partial charge in [0.05, 0.1) is 49.5 Å². The minimum atomic E-state index is -1.85. The number of thioether (sulfide) groups is 1. The van der Waals surface area contributed by atoms with Gasteiger partial charge in [-0.3, -0.25) is 86.3 Å². The summed E-state index contributed by atoms with van der Waals surface area (Å²) in [4.78, 5) is 280. The van der Waals surface area contributed by atoms with Crippen LogP contribution in [0.2, 0.25) is 0 Å². The molecule has 3 fully saturated rings. The molecule has 714 valence electrons. The number of phenolic OH excluding ortho intramolecular Hbond substituents is 1. The summed E-state index contributed by atoms with van der Waals surface area (Å²) in [6.45, 7) is 4.02. The molecule has 0 saturated carbocycles. The molecule has 3 aromatic heterocycles. The van der Waals surface area contributed by atoms with E-state index in [1.54, 1.807) is 67.8 Å². The number of carbonyl (C=O) groups is 18. The van der Waals surface area contributed by atoms with E-state index in [-0.39, 0.29) is 82.2 Å². The fourth-order valence-electron chi connectivity index (χ4n) is 16.5. The van der Waals surface area contributed by atoms with Crippen LogP contribution in [-0.2, 0) is 112 Å². The quantitative estimate of drug-likeness (QED) is 0.0298. The summed E-state index contributed by atoms with van der Waals surface area (Å²) < 4.78 is 0. The highest BCUT2D eigenvalue weighted by atomic mass is 32.2. The number of aromatic hydroxyl groups is 1. The van der Waals surface area contributed by atoms with E-state index < -0.39 is 254 Å². The highest BCUT2D eigenvalue weighted by Gasteiger charge is 2.47. The molecule has 3 aliphatic rings. The molecule has 0 radical (unpaired) electrons. The van der Waals surface area contributed by atoms with Crippen LogP contribution in [0.4, 0.5) is 0 Å². The third-order valence-corrected chi connectivity index (χ3v) is 25.0. The number of benzene rings is 3. The van der Waals surface area contributed by atoms with Crippen molar-refractivity contribution in [1.82, 2.24) is 92.3 Å². The summed E-state index contributed by atoms with van der Waals surface area (Å²) in [7, 11) is 3.89. The topological polar surface area (TPSA) is 631 Å². The molecule has 17 amide bonds. The Kier molecular flexibility index (Phi) is 37.7. The van der Waals surface area contributed by atoms with Crippen molar-refractivity contribution in [2.24, 2.45) is 23.1 Å². The lowest BCUT2D eigenvalue weighted by Crippen LogP contribution is -2.61. The minimum Gasteiger partial charge on any atom is -0.508 e. The van der Waals surface area contributed by atoms with Crippen molar-refractivity contribution < 1.29 is 102 Å². The van der Waals surface area contributed by atoms with Gasteiger partial charge in [0.15, 0.2) is 5.78 Å². The fourth-order valence-corrected chi connectivity index (χ4v) is 17.3. The summed E-state index contributed by atoms with van der Waals surface area (Å²) in [5, 5.41) is 57.2. The number of primary amides is 3. The first-order valence-electron chi connectivity index (χ1n) is 44.1. The van der Waals surface area contributed by atoms with Gasteiger partial charge in [0.1, 0.15) is 78.3 Å². The van der Waals surface area contributed by atoms with Crippen LogP contribution in [-0.4, -0.2) is 309 Å². The molecule has 0 aliphatic carbocycles. The Bertz CT molecular complexity index is 5140. The summed E-state index contributed by atoms with van der Waals surface area (Å²) in [5.41, 5.74) is 19.8. The van der Waals surface area contributed by atoms with Crippen LogP contribution in [0.1, 0.15) is 140 Å². The van der Waals surface area contributed by atoms with Crippen molar-refractivity contribution in [1.29, 1.82) is 0 Å². The number of hydrogen-bond donors (Lipinski definition) is 18. The number of imidazole rings is 1. The van der Waals surface area contributed by atoms with E-state index in [0.29, 0.717) is 64.2 Å². The van der Waals surface area contributed by atoms with Crippen LogP contribution in [0.25, 0.3) is 21.8 Å². The average molecular weight is 1850 g/mol. The van der Waals surface area contributed by atoms with Crippen molar-refractivity contribution in [3.8, 4) is 5.75 Å². The van der Waals surface area contributed by atoms with Gasteiger partial charge in [-0.05, 0) is 92.8 Å². The number of amides is 17. The summed E-state index contributed by atoms with van der Waals surface area (Å²) in [6.07, 6.45) is 2.28. The minimum absolute atomic E-state index is 0.0107. The fraction of sp³-hybridized carbons (Fsp3) is 0.517. The largest absolute Gasteiger partial charge is 0.508 e. The smallest absolute Gasteiger partial charge is 0.246 e. The normalized spacial score (nSPS) is 25.1. The number of aromatic amines is 3. The Morgan fingerprint density at radius 1 is 0.545 bits per heavy atom. The van der Waals surface area contributed by atoms with Gasteiger partial charge >= 0.3 is 0 Å². The highest BCUT2D eigenvalue weighted by Crippen LogP contribution is 2.30. The number of nitrogens with one attached hydrogen (secondary N) is 12. The van der Waals surface area contributed by atoms with Gasteiger partial charge in [-0.1, -0.05) is 95.0 Å². The number of aliphatic hydroxyl groups is 2. The van der Waals surface area contributed by atoms with Gasteiger partial charge in [0, 0.05) is 125 Å². The number of unbranched alkanes of at least 4 members (excludes halogenated alkanes) is 2. The van der Waals surface area contributed by atoms with E-state index in [2.05, 4.69) is 67.8 Å². The Morgan fingerprint density at radius 3 is 1.73 bits per heavy atom.